The molecule has 0 spiro atoms. The molecule has 0 heterocycles. The monoisotopic (exact) mass is 509 g/mol. The third-order valence-corrected chi connectivity index (χ3v) is 6.53. The molecule has 0 saturated heterocycles. The molecule has 3 unspecified atom stereocenters. The molecule has 0 aliphatic rings. The van der Waals surface area contributed by atoms with Crippen molar-refractivity contribution in [2.75, 3.05) is 5.32 Å². The third-order valence-electron chi connectivity index (χ3n) is 6.53. The Kier molecular flexibility index (Phi) is 9.90. The molecule has 202 valence electrons. The van der Waals surface area contributed by atoms with Gasteiger partial charge >= 0.3 is 6.09 Å². The lowest BCUT2D eigenvalue weighted by molar-refractivity contribution is -0.143. The molecule has 0 aliphatic carbocycles. The first-order valence-electron chi connectivity index (χ1n) is 12.9. The van der Waals surface area contributed by atoms with E-state index >= 15 is 0 Å². The van der Waals surface area contributed by atoms with Gasteiger partial charge in [-0.15, -0.1) is 0 Å². The van der Waals surface area contributed by atoms with Gasteiger partial charge in [-0.1, -0.05) is 43.3 Å². The SMILES string of the molecule is CCC(C)N(C(=O)C(C)NC(=O)OC(C)(C)C)C(C(=O)Nc1c(C)cccc1C)c1ccc(C)c(C)c1. The molecule has 0 radical (unpaired) electrons. The second-order valence-corrected chi connectivity index (χ2v) is 10.9. The highest BCUT2D eigenvalue weighted by molar-refractivity contribution is 6.00. The van der Waals surface area contributed by atoms with E-state index in [0.717, 1.165) is 27.9 Å². The van der Waals surface area contributed by atoms with E-state index in [4.69, 9.17) is 4.74 Å². The number of hydrogen-bond donors (Lipinski definition) is 2. The highest BCUT2D eigenvalue weighted by Gasteiger charge is 2.37. The second-order valence-electron chi connectivity index (χ2n) is 10.9. The molecule has 37 heavy (non-hydrogen) atoms. The van der Waals surface area contributed by atoms with E-state index in [-0.39, 0.29) is 17.9 Å². The Morgan fingerprint density at radius 2 is 1.51 bits per heavy atom. The van der Waals surface area contributed by atoms with Gasteiger partial charge in [0.1, 0.15) is 17.7 Å². The molecular weight excluding hydrogens is 466 g/mol. The predicted octanol–water partition coefficient (Wildman–Crippen LogP) is 6.14. The minimum Gasteiger partial charge on any atom is -0.444 e. The van der Waals surface area contributed by atoms with Crippen LogP contribution < -0.4 is 10.6 Å². The van der Waals surface area contributed by atoms with Crippen LogP contribution in [0.5, 0.6) is 0 Å². The van der Waals surface area contributed by atoms with Crippen LogP contribution >= 0.6 is 0 Å². The van der Waals surface area contributed by atoms with Crippen molar-refractivity contribution in [3.8, 4) is 0 Å². The number of nitrogens with one attached hydrogen (secondary N) is 2. The lowest BCUT2D eigenvalue weighted by atomic mass is 9.96. The Morgan fingerprint density at radius 1 is 0.919 bits per heavy atom. The maximum atomic E-state index is 14.0. The molecule has 0 saturated carbocycles. The maximum absolute atomic E-state index is 14.0. The fourth-order valence-electron chi connectivity index (χ4n) is 4.14. The first-order chi connectivity index (χ1) is 17.2. The van der Waals surface area contributed by atoms with Gasteiger partial charge in [-0.2, -0.15) is 0 Å². The van der Waals surface area contributed by atoms with Gasteiger partial charge in [0.2, 0.25) is 5.91 Å². The number of para-hydroxylation sites is 1. The molecule has 2 rings (SSSR count). The number of benzene rings is 2. The largest absolute Gasteiger partial charge is 0.444 e. The lowest BCUT2D eigenvalue weighted by Gasteiger charge is -2.38. The number of aryl methyl sites for hydroxylation is 4. The summed E-state index contributed by atoms with van der Waals surface area (Å²) in [6.45, 7) is 18.7. The van der Waals surface area contributed by atoms with Crippen molar-refractivity contribution >= 4 is 23.6 Å². The number of ether oxygens (including phenoxy) is 1. The number of carbonyl (C=O) groups excluding carboxylic acids is 3. The van der Waals surface area contributed by atoms with Gasteiger partial charge in [0.15, 0.2) is 0 Å². The van der Waals surface area contributed by atoms with Crippen LogP contribution in [0.25, 0.3) is 0 Å². The zero-order valence-corrected chi connectivity index (χ0v) is 24.0. The summed E-state index contributed by atoms with van der Waals surface area (Å²) in [7, 11) is 0. The minimum absolute atomic E-state index is 0.272. The van der Waals surface area contributed by atoms with Crippen LogP contribution in [0.15, 0.2) is 36.4 Å². The van der Waals surface area contributed by atoms with Crippen molar-refractivity contribution < 1.29 is 19.1 Å². The molecule has 3 amide bonds. The molecule has 0 aliphatic heterocycles. The Bertz CT molecular complexity index is 1120. The fourth-order valence-corrected chi connectivity index (χ4v) is 4.14. The van der Waals surface area contributed by atoms with E-state index < -0.39 is 23.8 Å². The lowest BCUT2D eigenvalue weighted by Crippen LogP contribution is -2.53. The van der Waals surface area contributed by atoms with Gasteiger partial charge in [-0.05, 0) is 96.6 Å². The maximum Gasteiger partial charge on any atom is 0.408 e. The Labute approximate surface area is 222 Å². The predicted molar refractivity (Wildman–Crippen MR) is 149 cm³/mol. The summed E-state index contributed by atoms with van der Waals surface area (Å²) in [5, 5.41) is 5.74. The Morgan fingerprint density at radius 3 is 2.03 bits per heavy atom. The summed E-state index contributed by atoms with van der Waals surface area (Å²) < 4.78 is 5.35. The molecule has 0 fully saturated rings. The van der Waals surface area contributed by atoms with E-state index in [9.17, 15) is 14.4 Å². The second kappa shape index (κ2) is 12.3. The highest BCUT2D eigenvalue weighted by atomic mass is 16.6. The third kappa shape index (κ3) is 7.81. The number of hydrogen-bond acceptors (Lipinski definition) is 4. The molecule has 0 bridgehead atoms. The van der Waals surface area contributed by atoms with Gasteiger partial charge in [-0.3, -0.25) is 9.59 Å². The fraction of sp³-hybridized carbons (Fsp3) is 0.500. The zero-order chi connectivity index (χ0) is 28.1. The summed E-state index contributed by atoms with van der Waals surface area (Å²) in [5.41, 5.74) is 4.75. The average molecular weight is 510 g/mol. The zero-order valence-electron chi connectivity index (χ0n) is 24.0. The van der Waals surface area contributed by atoms with Crippen LogP contribution in [0.1, 0.15) is 81.8 Å². The first kappa shape index (κ1) is 29.9. The van der Waals surface area contributed by atoms with Crippen LogP contribution in [0, 0.1) is 27.7 Å². The molecular formula is C30H43N3O4. The van der Waals surface area contributed by atoms with Crippen molar-refractivity contribution in [3.63, 3.8) is 0 Å². The Hall–Kier alpha value is -3.35. The number of amides is 3. The normalized spacial score (nSPS) is 13.8. The van der Waals surface area contributed by atoms with E-state index in [2.05, 4.69) is 10.6 Å². The topological polar surface area (TPSA) is 87.7 Å². The summed E-state index contributed by atoms with van der Waals surface area (Å²) in [4.78, 5) is 41.9. The van der Waals surface area contributed by atoms with Crippen LogP contribution in [0.2, 0.25) is 0 Å². The van der Waals surface area contributed by atoms with Crippen LogP contribution in [-0.4, -0.2) is 40.5 Å². The van der Waals surface area contributed by atoms with Crippen LogP contribution in [-0.2, 0) is 14.3 Å². The van der Waals surface area contributed by atoms with Crippen molar-refractivity contribution in [1.29, 1.82) is 0 Å². The molecule has 2 aromatic rings. The molecule has 3 atom stereocenters. The number of rotatable bonds is 8. The van der Waals surface area contributed by atoms with Gasteiger partial charge in [0.25, 0.3) is 5.91 Å². The minimum atomic E-state index is -0.899. The van der Waals surface area contributed by atoms with E-state index in [1.165, 1.54) is 0 Å². The molecule has 0 aromatic heterocycles. The van der Waals surface area contributed by atoms with Gasteiger partial charge in [0, 0.05) is 11.7 Å². The quantitative estimate of drug-likeness (QED) is 0.447. The molecule has 7 heteroatoms. The Balaban J connectivity index is 2.55. The van der Waals surface area contributed by atoms with Crippen LogP contribution in [0.3, 0.4) is 0 Å². The van der Waals surface area contributed by atoms with Crippen molar-refractivity contribution in [3.05, 3.63) is 64.2 Å². The van der Waals surface area contributed by atoms with Crippen molar-refractivity contribution in [2.24, 2.45) is 0 Å². The number of anilines is 1. The van der Waals surface area contributed by atoms with Crippen LogP contribution in [0.4, 0.5) is 10.5 Å². The van der Waals surface area contributed by atoms with Gasteiger partial charge in [-0.25, -0.2) is 4.79 Å². The number of alkyl carbamates (subject to hydrolysis) is 1. The van der Waals surface area contributed by atoms with E-state index in [1.54, 1.807) is 32.6 Å². The highest BCUT2D eigenvalue weighted by Crippen LogP contribution is 2.30. The van der Waals surface area contributed by atoms with Gasteiger partial charge < -0.3 is 20.3 Å². The van der Waals surface area contributed by atoms with E-state index in [0.29, 0.717) is 12.0 Å². The summed E-state index contributed by atoms with van der Waals surface area (Å²) >= 11 is 0. The summed E-state index contributed by atoms with van der Waals surface area (Å²) in [6.07, 6.45) is -0.0525. The average Bonchev–Trinajstić information content (AvgIpc) is 2.79. The molecule has 2 aromatic carbocycles. The standard InChI is InChI=1S/C30H43N3O4/c1-11-22(6)33(28(35)23(7)31-29(36)37-30(8,9)10)26(24-16-15-18(2)21(5)17-24)27(34)32-25-19(3)13-12-14-20(25)4/h12-17,22-23,26H,11H2,1-10H3,(H,31,36)(H,32,34). The first-order valence-corrected chi connectivity index (χ1v) is 12.9. The van der Waals surface area contributed by atoms with E-state index in [1.807, 2.05) is 77.9 Å². The molecule has 7 nitrogen and oxygen atoms in total. The molecule has 2 N–H and O–H groups in total. The number of carbonyl (C=O) groups is 3. The smallest absolute Gasteiger partial charge is 0.408 e. The summed E-state index contributed by atoms with van der Waals surface area (Å²) in [6, 6.07) is 9.58. The summed E-state index contributed by atoms with van der Waals surface area (Å²) in [5.74, 6) is -0.668. The van der Waals surface area contributed by atoms with Crippen molar-refractivity contribution in [1.82, 2.24) is 10.2 Å². The van der Waals surface area contributed by atoms with Crippen molar-refractivity contribution in [2.45, 2.75) is 99.4 Å². The van der Waals surface area contributed by atoms with Gasteiger partial charge in [0.05, 0.1) is 0 Å². The number of nitrogens with zero attached hydrogens (tertiary/aromatic N) is 1.